The van der Waals surface area contributed by atoms with Crippen molar-refractivity contribution in [2.45, 2.75) is 143 Å². The number of pyridine rings is 4. The van der Waals surface area contributed by atoms with Crippen molar-refractivity contribution < 1.29 is 35.9 Å². The van der Waals surface area contributed by atoms with Gasteiger partial charge in [0.05, 0.1) is 22.3 Å². The highest BCUT2D eigenvalue weighted by Gasteiger charge is 2.49. The smallest absolute Gasteiger partial charge is 0.216 e. The zero-order chi connectivity index (χ0) is 87.9. The summed E-state index contributed by atoms with van der Waals surface area (Å²) in [4.78, 5) is 0. The van der Waals surface area contributed by atoms with E-state index in [9.17, 15) is 0 Å². The number of fused-ring (bicyclic) bond motifs is 30. The third-order valence-electron chi connectivity index (χ3n) is 29.8. The Morgan fingerprint density at radius 2 is 0.586 bits per heavy atom. The first-order valence-electron chi connectivity index (χ1n) is 46.1. The van der Waals surface area contributed by atoms with Crippen molar-refractivity contribution in [3.8, 4) is 89.5 Å². The lowest BCUT2D eigenvalue weighted by Gasteiger charge is -2.36. The van der Waals surface area contributed by atoms with Crippen LogP contribution in [0.15, 0.2) is 309 Å². The van der Waals surface area contributed by atoms with E-state index in [0.717, 1.165) is 63.2 Å². The topological polar surface area (TPSA) is 68.1 Å². The van der Waals surface area contributed by atoms with Crippen LogP contribution in [0.25, 0.3) is 177 Å². The van der Waals surface area contributed by atoms with Gasteiger partial charge in [0.2, 0.25) is 22.8 Å². The van der Waals surface area contributed by atoms with Gasteiger partial charge < -0.3 is 17.7 Å². The van der Waals surface area contributed by atoms with E-state index >= 15 is 0 Å². The van der Waals surface area contributed by atoms with Crippen molar-refractivity contribution in [2.75, 3.05) is 0 Å². The third-order valence-corrected chi connectivity index (χ3v) is 29.8. The van der Waals surface area contributed by atoms with E-state index < -0.39 is 0 Å². The van der Waals surface area contributed by atoms with E-state index in [1.807, 2.05) is 0 Å². The maximum Gasteiger partial charge on any atom is 0.216 e. The molecule has 20 aromatic rings. The molecule has 1 fully saturated rings. The Bertz CT molecular complexity index is 8010. The first-order chi connectivity index (χ1) is 62.0. The Hall–Kier alpha value is -13.6. The van der Waals surface area contributed by atoms with E-state index in [1.165, 1.54) is 219 Å². The van der Waals surface area contributed by atoms with Gasteiger partial charge in [-0.2, -0.15) is 0 Å². The zero-order valence-corrected chi connectivity index (χ0v) is 76.5. The maximum absolute atomic E-state index is 6.79. The Balaban J connectivity index is 0.000000101. The second-order valence-electron chi connectivity index (χ2n) is 39.2. The summed E-state index contributed by atoms with van der Waals surface area (Å²) in [6.45, 7) is 27.5. The van der Waals surface area contributed by atoms with E-state index in [-0.39, 0.29) is 21.7 Å². The molecule has 0 atom stereocenters. The molecule has 630 valence electrons. The zero-order valence-electron chi connectivity index (χ0n) is 76.5. The molecule has 0 radical (unpaired) electrons. The number of benzene rings is 12. The number of hydrogen-bond donors (Lipinski definition) is 0. The average Bonchev–Trinajstić information content (AvgIpc) is 1.53. The minimum absolute atomic E-state index is 0.0108. The Kier molecular flexibility index (Phi) is 18.9. The summed E-state index contributed by atoms with van der Waals surface area (Å²) >= 11 is 0. The highest BCUT2D eigenvalue weighted by Crippen LogP contribution is 2.63. The van der Waals surface area contributed by atoms with Gasteiger partial charge in [-0.1, -0.05) is 238 Å². The standard InChI is InChI=1S/C34H36NO.C30H26NO.2C28H24NO/c1-21(2)19-34(20-22(3)4)27-12-8-7-11-24(27)25-16-17-29-31(32(25)34)26-15-14-23(5)30(33(26)36-29)28-13-9-10-18-35(28)6;1-19-12-13-22-27-25(32-29(22)26(19)24-11-5-8-18-31(24)2)15-14-21-20-9-3-4-10-23(20)30(28(21)27)16-6-7-17-30;1-17-12-13-20-25-23(30-27(20)24(17)22-11-7-8-16-29(22)4)15-14-19-18-9-5-6-10-21(18)28(2,3)26(19)25;1-17-12-13-19-26-23(30-27(19)24(17)22-11-7-8-16-29(22)4)15-14-21-25(26)18-9-5-6-10-20(18)28(21,2)3/h7-18,21-22H,19-20H2,1-6H3;3-5,8-15,18H,6-7,16-17H2,1-2H3;2*5-16H,1-4H3/q4*+1. The lowest BCUT2D eigenvalue weighted by molar-refractivity contribution is -0.660. The van der Waals surface area contributed by atoms with E-state index in [0.29, 0.717) is 11.8 Å². The minimum atomic E-state index is -0.0648. The number of aryl methyl sites for hydroxylation is 8. The SMILES string of the molecule is Cc1ccc2c(oc3ccc4c(c32)-c2ccccc2C4(C)C)c1-c1cccc[n+]1C.Cc1ccc2c(oc3ccc4c(c32)C(C)(C)c2ccccc2-4)c1-c1cccc[n+]1C.Cc1ccc2c(oc3ccc4c(c32)C(CC(C)C)(CC(C)C)c2ccccc2-4)c1-c1cccc[n+]1C.Cc1ccc2c(oc3ccc4c(c32)C2(CCCC2)c2ccccc2-4)c1-c1cccc[n+]1C. The fourth-order valence-electron chi connectivity index (χ4n) is 24.4. The fraction of sp³-hybridized carbons (Fsp3) is 0.233. The number of nitrogens with zero attached hydrogens (tertiary/aromatic N) is 4. The quantitative estimate of drug-likeness (QED) is 0.142. The molecule has 25 rings (SSSR count). The van der Waals surface area contributed by atoms with Crippen LogP contribution in [0.4, 0.5) is 0 Å². The Morgan fingerprint density at radius 3 is 1.00 bits per heavy atom. The molecule has 8 nitrogen and oxygen atoms in total. The molecular formula is C120H110N4O4+4. The van der Waals surface area contributed by atoms with Crippen molar-refractivity contribution >= 4 is 87.8 Å². The molecule has 5 aliphatic rings. The van der Waals surface area contributed by atoms with Crippen molar-refractivity contribution in [2.24, 2.45) is 40.0 Å². The van der Waals surface area contributed by atoms with Gasteiger partial charge in [-0.25, -0.2) is 18.3 Å². The number of rotatable bonds is 8. The van der Waals surface area contributed by atoms with Gasteiger partial charge in [0, 0.05) is 113 Å². The molecule has 0 N–H and O–H groups in total. The number of aromatic nitrogens is 4. The highest BCUT2D eigenvalue weighted by molar-refractivity contribution is 6.20. The molecule has 8 heterocycles. The summed E-state index contributed by atoms with van der Waals surface area (Å²) in [5.74, 6) is 1.16. The lowest BCUT2D eigenvalue weighted by Crippen LogP contribution is -2.30. The Labute approximate surface area is 750 Å². The van der Waals surface area contributed by atoms with E-state index in [1.54, 1.807) is 0 Å². The van der Waals surface area contributed by atoms with Gasteiger partial charge in [0.15, 0.2) is 24.8 Å². The predicted octanol–water partition coefficient (Wildman–Crippen LogP) is 29.4. The monoisotopic (exact) mass is 1670 g/mol. The summed E-state index contributed by atoms with van der Waals surface area (Å²) in [5, 5.41) is 10.0. The predicted molar refractivity (Wildman–Crippen MR) is 525 cm³/mol. The van der Waals surface area contributed by atoms with Gasteiger partial charge in [0.1, 0.15) is 72.9 Å². The summed E-state index contributed by atoms with van der Waals surface area (Å²) in [6.07, 6.45) is 15.7. The van der Waals surface area contributed by atoms with Crippen LogP contribution in [0, 0.1) is 39.5 Å². The minimum Gasteiger partial charge on any atom is -0.455 e. The third kappa shape index (κ3) is 12.0. The molecule has 0 unspecified atom stereocenters. The largest absolute Gasteiger partial charge is 0.455 e. The van der Waals surface area contributed by atoms with Gasteiger partial charge in [-0.05, 0) is 225 Å². The van der Waals surface area contributed by atoms with Crippen molar-refractivity contribution in [1.82, 2.24) is 0 Å². The van der Waals surface area contributed by atoms with Crippen LogP contribution >= 0.6 is 0 Å². The first kappa shape index (κ1) is 80.3. The van der Waals surface area contributed by atoms with Crippen LogP contribution in [-0.4, -0.2) is 0 Å². The van der Waals surface area contributed by atoms with Gasteiger partial charge in [-0.15, -0.1) is 0 Å². The van der Waals surface area contributed by atoms with Crippen LogP contribution < -0.4 is 18.3 Å². The summed E-state index contributed by atoms with van der Waals surface area (Å²) in [6, 6.07) is 97.1. The molecule has 0 bridgehead atoms. The molecule has 0 saturated heterocycles. The lowest BCUT2D eigenvalue weighted by atomic mass is 9.67. The molecule has 0 aliphatic heterocycles. The van der Waals surface area contributed by atoms with Gasteiger partial charge >= 0.3 is 0 Å². The van der Waals surface area contributed by atoms with Crippen LogP contribution in [0.2, 0.25) is 0 Å². The maximum atomic E-state index is 6.79. The molecule has 8 heteroatoms. The molecule has 12 aromatic carbocycles. The fourth-order valence-corrected chi connectivity index (χ4v) is 24.4. The van der Waals surface area contributed by atoms with Crippen LogP contribution in [0.1, 0.15) is 161 Å². The van der Waals surface area contributed by atoms with E-state index in [2.05, 4.69) is 421 Å². The highest BCUT2D eigenvalue weighted by atomic mass is 16.3. The molecule has 128 heavy (non-hydrogen) atoms. The molecule has 1 spiro atoms. The average molecular weight is 1670 g/mol. The summed E-state index contributed by atoms with van der Waals surface area (Å²) < 4.78 is 35.3. The number of hydrogen-bond acceptors (Lipinski definition) is 4. The van der Waals surface area contributed by atoms with Gasteiger partial charge in [-0.3, -0.25) is 0 Å². The van der Waals surface area contributed by atoms with Crippen molar-refractivity contribution in [3.05, 3.63) is 358 Å². The molecule has 8 aromatic heterocycles. The van der Waals surface area contributed by atoms with E-state index in [4.69, 9.17) is 17.7 Å². The van der Waals surface area contributed by atoms with Crippen LogP contribution in [-0.2, 0) is 49.9 Å². The summed E-state index contributed by atoms with van der Waals surface area (Å²) in [7, 11) is 8.40. The number of furan rings is 4. The van der Waals surface area contributed by atoms with Crippen LogP contribution in [0.5, 0.6) is 0 Å². The van der Waals surface area contributed by atoms with Gasteiger partial charge in [0.25, 0.3) is 0 Å². The normalized spacial score (nSPS) is 14.7. The van der Waals surface area contributed by atoms with Crippen LogP contribution in [0.3, 0.4) is 0 Å². The molecular weight excluding hydrogens is 1560 g/mol. The molecule has 5 aliphatic carbocycles. The summed E-state index contributed by atoms with van der Waals surface area (Å²) in [5.41, 5.74) is 44.8. The molecule has 1 saturated carbocycles. The molecule has 0 amide bonds. The second kappa shape index (κ2) is 30.1. The Morgan fingerprint density at radius 1 is 0.273 bits per heavy atom. The second-order valence-corrected chi connectivity index (χ2v) is 39.2. The first-order valence-corrected chi connectivity index (χ1v) is 46.1. The van der Waals surface area contributed by atoms with Crippen molar-refractivity contribution in [3.63, 3.8) is 0 Å². The van der Waals surface area contributed by atoms with Crippen molar-refractivity contribution in [1.29, 1.82) is 0 Å².